The molecule has 1 N–H and O–H groups in total. The van der Waals surface area contributed by atoms with Crippen molar-refractivity contribution in [2.24, 2.45) is 0 Å². The summed E-state index contributed by atoms with van der Waals surface area (Å²) >= 11 is 0. The first-order chi connectivity index (χ1) is 10.8. The number of rotatable bonds is 5. The van der Waals surface area contributed by atoms with Gasteiger partial charge in [-0.3, -0.25) is 4.79 Å². The monoisotopic (exact) mass is 333 g/mol. The van der Waals surface area contributed by atoms with Crippen molar-refractivity contribution in [3.63, 3.8) is 0 Å². The molecule has 23 heavy (non-hydrogen) atoms. The zero-order valence-corrected chi connectivity index (χ0v) is 12.6. The zero-order chi connectivity index (χ0) is 16.9. The molecule has 1 fully saturated rings. The van der Waals surface area contributed by atoms with Gasteiger partial charge in [-0.05, 0) is 13.0 Å². The van der Waals surface area contributed by atoms with Gasteiger partial charge in [0.05, 0.1) is 25.1 Å². The molecule has 128 valence electrons. The first kappa shape index (κ1) is 17.3. The van der Waals surface area contributed by atoms with Crippen LogP contribution in [0.5, 0.6) is 5.88 Å². The Bertz CT molecular complexity index is 516. The third-order valence-corrected chi connectivity index (χ3v) is 3.20. The number of carbonyl (C=O) groups is 1. The minimum absolute atomic E-state index is 0.0642. The van der Waals surface area contributed by atoms with E-state index in [1.807, 2.05) is 0 Å². The molecule has 1 aliphatic heterocycles. The van der Waals surface area contributed by atoms with Gasteiger partial charge in [-0.15, -0.1) is 0 Å². The van der Waals surface area contributed by atoms with Crippen LogP contribution in [0.4, 0.5) is 18.9 Å². The number of alkyl halides is 3. The molecule has 1 amide bonds. The number of morpholine rings is 1. The molecule has 0 saturated carbocycles. The zero-order valence-electron chi connectivity index (χ0n) is 12.6. The van der Waals surface area contributed by atoms with Gasteiger partial charge in [-0.2, -0.15) is 13.2 Å². The summed E-state index contributed by atoms with van der Waals surface area (Å²) in [4.78, 5) is 17.7. The van der Waals surface area contributed by atoms with Crippen molar-refractivity contribution in [3.05, 3.63) is 18.3 Å². The molecule has 1 aromatic heterocycles. The number of pyridine rings is 1. The number of ether oxygens (including phenoxy) is 2. The van der Waals surface area contributed by atoms with Crippen LogP contribution in [0.2, 0.25) is 0 Å². The van der Waals surface area contributed by atoms with Gasteiger partial charge in [0.15, 0.2) is 6.61 Å². The Kier molecular flexibility index (Phi) is 5.64. The Balaban J connectivity index is 1.86. The number of halogens is 3. The lowest BCUT2D eigenvalue weighted by atomic mass is 10.2. The van der Waals surface area contributed by atoms with Crippen LogP contribution < -0.4 is 10.1 Å². The average molecular weight is 333 g/mol. The normalized spacial score (nSPS) is 16.8. The van der Waals surface area contributed by atoms with Gasteiger partial charge in [0.2, 0.25) is 11.8 Å². The lowest BCUT2D eigenvalue weighted by Gasteiger charge is -2.29. The summed E-state index contributed by atoms with van der Waals surface area (Å²) in [6, 6.07) is 2.36. The number of anilines is 1. The van der Waals surface area contributed by atoms with Crippen LogP contribution >= 0.6 is 0 Å². The first-order valence-electron chi connectivity index (χ1n) is 7.14. The summed E-state index contributed by atoms with van der Waals surface area (Å²) in [7, 11) is 0. The molecular formula is C14H18F3N3O3. The second-order valence-electron chi connectivity index (χ2n) is 5.09. The molecule has 6 nitrogen and oxygen atoms in total. The third-order valence-electron chi connectivity index (χ3n) is 3.20. The maximum atomic E-state index is 12.2. The van der Waals surface area contributed by atoms with E-state index in [1.165, 1.54) is 18.3 Å². The number of hydrogen-bond acceptors (Lipinski definition) is 5. The third kappa shape index (κ3) is 5.59. The smallest absolute Gasteiger partial charge is 0.422 e. The highest BCUT2D eigenvalue weighted by atomic mass is 19.4. The molecule has 1 aliphatic rings. The lowest BCUT2D eigenvalue weighted by Crippen LogP contribution is -2.47. The Morgan fingerprint density at radius 3 is 2.70 bits per heavy atom. The Morgan fingerprint density at radius 1 is 1.43 bits per heavy atom. The quantitative estimate of drug-likeness (QED) is 0.888. The standard InChI is InChI=1S/C14H18F3N3O3/c1-10(13(21)20-4-6-22-7-5-20)19-11-2-3-12(18-8-11)23-9-14(15,16)17/h2-3,8,10,19H,4-7,9H2,1H3/t10-/m0/s1. The molecule has 0 aromatic carbocycles. The predicted octanol–water partition coefficient (Wildman–Crippen LogP) is 1.68. The summed E-state index contributed by atoms with van der Waals surface area (Å²) < 4.78 is 45.8. The Labute approximate surface area is 131 Å². The molecule has 1 aromatic rings. The largest absolute Gasteiger partial charge is 0.468 e. The number of nitrogens with zero attached hydrogens (tertiary/aromatic N) is 2. The minimum Gasteiger partial charge on any atom is -0.468 e. The Hall–Kier alpha value is -2.03. The van der Waals surface area contributed by atoms with Gasteiger partial charge < -0.3 is 19.7 Å². The molecule has 1 saturated heterocycles. The van der Waals surface area contributed by atoms with Crippen LogP contribution in [0.25, 0.3) is 0 Å². The first-order valence-corrected chi connectivity index (χ1v) is 7.14. The van der Waals surface area contributed by atoms with Crippen LogP contribution in [0.1, 0.15) is 6.92 Å². The van der Waals surface area contributed by atoms with E-state index in [-0.39, 0.29) is 11.8 Å². The van der Waals surface area contributed by atoms with E-state index in [0.717, 1.165) is 0 Å². The van der Waals surface area contributed by atoms with Crippen LogP contribution in [0, 0.1) is 0 Å². The fraction of sp³-hybridized carbons (Fsp3) is 0.571. The molecule has 2 rings (SSSR count). The summed E-state index contributed by atoms with van der Waals surface area (Å²) in [5.41, 5.74) is 0.526. The van der Waals surface area contributed by atoms with Gasteiger partial charge in [0.1, 0.15) is 6.04 Å². The fourth-order valence-electron chi connectivity index (χ4n) is 2.08. The van der Waals surface area contributed by atoms with Gasteiger partial charge >= 0.3 is 6.18 Å². The highest BCUT2D eigenvalue weighted by molar-refractivity contribution is 5.84. The van der Waals surface area contributed by atoms with E-state index < -0.39 is 18.8 Å². The molecule has 2 heterocycles. The van der Waals surface area contributed by atoms with Crippen molar-refractivity contribution < 1.29 is 27.4 Å². The fourth-order valence-corrected chi connectivity index (χ4v) is 2.08. The summed E-state index contributed by atoms with van der Waals surface area (Å²) in [6.07, 6.45) is -3.08. The van der Waals surface area contributed by atoms with E-state index in [2.05, 4.69) is 15.0 Å². The van der Waals surface area contributed by atoms with Crippen molar-refractivity contribution in [1.82, 2.24) is 9.88 Å². The van der Waals surface area contributed by atoms with Crippen molar-refractivity contribution >= 4 is 11.6 Å². The van der Waals surface area contributed by atoms with Crippen molar-refractivity contribution in [2.75, 3.05) is 38.2 Å². The van der Waals surface area contributed by atoms with Crippen molar-refractivity contribution in [2.45, 2.75) is 19.1 Å². The Morgan fingerprint density at radius 2 is 2.13 bits per heavy atom. The number of carbonyl (C=O) groups excluding carboxylic acids is 1. The molecule has 1 atom stereocenters. The van der Waals surface area contributed by atoms with Crippen LogP contribution in [0.3, 0.4) is 0 Å². The lowest BCUT2D eigenvalue weighted by molar-refractivity contribution is -0.154. The van der Waals surface area contributed by atoms with E-state index in [9.17, 15) is 18.0 Å². The minimum atomic E-state index is -4.41. The molecule has 0 bridgehead atoms. The van der Waals surface area contributed by atoms with E-state index in [0.29, 0.717) is 32.0 Å². The predicted molar refractivity (Wildman–Crippen MR) is 76.3 cm³/mol. The number of nitrogens with one attached hydrogen (secondary N) is 1. The van der Waals surface area contributed by atoms with Crippen LogP contribution in [0.15, 0.2) is 18.3 Å². The topological polar surface area (TPSA) is 63.7 Å². The van der Waals surface area contributed by atoms with E-state index in [4.69, 9.17) is 4.74 Å². The molecule has 0 spiro atoms. The van der Waals surface area contributed by atoms with Gasteiger partial charge in [-0.1, -0.05) is 0 Å². The summed E-state index contributed by atoms with van der Waals surface area (Å²) in [5, 5.41) is 2.97. The molecule has 0 aliphatic carbocycles. The van der Waals surface area contributed by atoms with Gasteiger partial charge in [-0.25, -0.2) is 4.98 Å². The number of hydrogen-bond donors (Lipinski definition) is 1. The maximum absolute atomic E-state index is 12.2. The molecule has 0 radical (unpaired) electrons. The summed E-state index contributed by atoms with van der Waals surface area (Å²) in [6.45, 7) is 2.46. The van der Waals surface area contributed by atoms with Crippen LogP contribution in [-0.2, 0) is 9.53 Å². The van der Waals surface area contributed by atoms with E-state index >= 15 is 0 Å². The number of aromatic nitrogens is 1. The average Bonchev–Trinajstić information content (AvgIpc) is 2.53. The van der Waals surface area contributed by atoms with Gasteiger partial charge in [0, 0.05) is 19.2 Å². The van der Waals surface area contributed by atoms with Crippen molar-refractivity contribution in [3.8, 4) is 5.88 Å². The number of amides is 1. The van der Waals surface area contributed by atoms with Gasteiger partial charge in [0.25, 0.3) is 0 Å². The summed E-state index contributed by atoms with van der Waals surface area (Å²) in [5.74, 6) is -0.189. The highest BCUT2D eigenvalue weighted by Crippen LogP contribution is 2.18. The maximum Gasteiger partial charge on any atom is 0.422 e. The SMILES string of the molecule is C[C@H](Nc1ccc(OCC(F)(F)F)nc1)C(=O)N1CCOCC1. The molecule has 0 unspecified atom stereocenters. The molecular weight excluding hydrogens is 315 g/mol. The van der Waals surface area contributed by atoms with E-state index in [1.54, 1.807) is 11.8 Å². The van der Waals surface area contributed by atoms with Crippen LogP contribution in [-0.4, -0.2) is 60.9 Å². The second-order valence-corrected chi connectivity index (χ2v) is 5.09. The highest BCUT2D eigenvalue weighted by Gasteiger charge is 2.28. The van der Waals surface area contributed by atoms with Crippen molar-refractivity contribution in [1.29, 1.82) is 0 Å². The molecule has 9 heteroatoms. The second kappa shape index (κ2) is 7.49.